The Labute approximate surface area is 117 Å². The molecule has 2 aromatic rings. The van der Waals surface area contributed by atoms with Gasteiger partial charge in [0.1, 0.15) is 0 Å². The Morgan fingerprint density at radius 2 is 1.94 bits per heavy atom. The third kappa shape index (κ3) is 2.76. The molecule has 0 bridgehead atoms. The minimum absolute atomic E-state index is 0.0317. The van der Waals surface area contributed by atoms with E-state index in [1.54, 1.807) is 16.2 Å². The Balaban J connectivity index is 2.16. The van der Waals surface area contributed by atoms with Gasteiger partial charge in [0.15, 0.2) is 0 Å². The van der Waals surface area contributed by atoms with Gasteiger partial charge in [-0.3, -0.25) is 4.79 Å². The number of benzene rings is 1. The summed E-state index contributed by atoms with van der Waals surface area (Å²) in [5.41, 5.74) is 0.693. The molecule has 1 aromatic carbocycles. The lowest BCUT2D eigenvalue weighted by Crippen LogP contribution is -2.29. The SMILES string of the molecule is CC(c1cccs1)N(C)C(=O)c1ccc(S)cc1. The molecule has 0 aliphatic heterocycles. The summed E-state index contributed by atoms with van der Waals surface area (Å²) in [7, 11) is 1.83. The summed E-state index contributed by atoms with van der Waals surface area (Å²) in [4.78, 5) is 16.1. The summed E-state index contributed by atoms with van der Waals surface area (Å²) >= 11 is 5.89. The van der Waals surface area contributed by atoms with Crippen LogP contribution in [0.15, 0.2) is 46.7 Å². The van der Waals surface area contributed by atoms with E-state index in [9.17, 15) is 4.79 Å². The van der Waals surface area contributed by atoms with E-state index in [0.717, 1.165) is 4.90 Å². The topological polar surface area (TPSA) is 20.3 Å². The molecule has 0 radical (unpaired) electrons. The Hall–Kier alpha value is -1.26. The molecular formula is C14H15NOS2. The van der Waals surface area contributed by atoms with Gasteiger partial charge in [-0.25, -0.2) is 0 Å². The summed E-state index contributed by atoms with van der Waals surface area (Å²) in [6, 6.07) is 11.4. The Kier molecular flexibility index (Phi) is 4.09. The molecule has 2 nitrogen and oxygen atoms in total. The molecule has 1 atom stereocenters. The first-order valence-corrected chi connectivity index (χ1v) is 7.02. The van der Waals surface area contributed by atoms with Crippen molar-refractivity contribution in [3.05, 3.63) is 52.2 Å². The molecule has 18 heavy (non-hydrogen) atoms. The molecule has 4 heteroatoms. The standard InChI is InChI=1S/C14H15NOS2/c1-10(13-4-3-9-18-13)15(2)14(16)11-5-7-12(17)8-6-11/h3-10,17H,1-2H3. The molecule has 1 heterocycles. The molecule has 2 rings (SSSR count). The maximum atomic E-state index is 12.3. The van der Waals surface area contributed by atoms with E-state index < -0.39 is 0 Å². The van der Waals surface area contributed by atoms with Gasteiger partial charge >= 0.3 is 0 Å². The Morgan fingerprint density at radius 1 is 1.28 bits per heavy atom. The molecule has 0 saturated carbocycles. The molecule has 0 saturated heterocycles. The van der Waals surface area contributed by atoms with Crippen LogP contribution in [-0.4, -0.2) is 17.9 Å². The smallest absolute Gasteiger partial charge is 0.254 e. The zero-order valence-electron chi connectivity index (χ0n) is 10.3. The zero-order chi connectivity index (χ0) is 13.1. The summed E-state index contributed by atoms with van der Waals surface area (Å²) in [5, 5.41) is 2.03. The predicted molar refractivity (Wildman–Crippen MR) is 78.5 cm³/mol. The van der Waals surface area contributed by atoms with Gasteiger partial charge in [-0.15, -0.1) is 24.0 Å². The molecule has 0 N–H and O–H groups in total. The number of carbonyl (C=O) groups is 1. The number of nitrogens with zero attached hydrogens (tertiary/aromatic N) is 1. The van der Waals surface area contributed by atoms with Crippen LogP contribution in [0.1, 0.15) is 28.2 Å². The molecule has 1 amide bonds. The third-order valence-electron chi connectivity index (χ3n) is 2.97. The van der Waals surface area contributed by atoms with Gasteiger partial charge in [0.2, 0.25) is 0 Å². The summed E-state index contributed by atoms with van der Waals surface area (Å²) in [5.74, 6) is 0.0317. The molecule has 94 valence electrons. The van der Waals surface area contributed by atoms with Crippen molar-refractivity contribution < 1.29 is 4.79 Å². The second-order valence-corrected chi connectivity index (χ2v) is 5.65. The van der Waals surface area contributed by atoms with Crippen molar-refractivity contribution in [2.24, 2.45) is 0 Å². The summed E-state index contributed by atoms with van der Waals surface area (Å²) in [6.07, 6.45) is 0. The van der Waals surface area contributed by atoms with Crippen molar-refractivity contribution in [3.63, 3.8) is 0 Å². The van der Waals surface area contributed by atoms with Gasteiger partial charge in [-0.2, -0.15) is 0 Å². The van der Waals surface area contributed by atoms with E-state index in [4.69, 9.17) is 0 Å². The lowest BCUT2D eigenvalue weighted by molar-refractivity contribution is 0.0745. The highest BCUT2D eigenvalue weighted by Gasteiger charge is 2.19. The van der Waals surface area contributed by atoms with Gasteiger partial charge in [0.25, 0.3) is 5.91 Å². The fraction of sp³-hybridized carbons (Fsp3) is 0.214. The van der Waals surface area contributed by atoms with Gasteiger partial charge in [0, 0.05) is 22.4 Å². The van der Waals surface area contributed by atoms with Crippen LogP contribution >= 0.6 is 24.0 Å². The highest BCUT2D eigenvalue weighted by molar-refractivity contribution is 7.80. The first kappa shape index (κ1) is 13.2. The monoisotopic (exact) mass is 277 g/mol. The number of hydrogen-bond acceptors (Lipinski definition) is 3. The third-order valence-corrected chi connectivity index (χ3v) is 4.31. The zero-order valence-corrected chi connectivity index (χ0v) is 12.0. The highest BCUT2D eigenvalue weighted by atomic mass is 32.1. The second kappa shape index (κ2) is 5.59. The van der Waals surface area contributed by atoms with E-state index >= 15 is 0 Å². The van der Waals surface area contributed by atoms with E-state index in [1.165, 1.54) is 4.88 Å². The van der Waals surface area contributed by atoms with Crippen molar-refractivity contribution in [2.75, 3.05) is 7.05 Å². The quantitative estimate of drug-likeness (QED) is 0.844. The van der Waals surface area contributed by atoms with E-state index in [2.05, 4.69) is 18.7 Å². The number of rotatable bonds is 3. The number of amides is 1. The molecule has 0 aliphatic carbocycles. The molecule has 0 spiro atoms. The van der Waals surface area contributed by atoms with Crippen LogP contribution in [0, 0.1) is 0 Å². The van der Waals surface area contributed by atoms with Gasteiger partial charge < -0.3 is 4.90 Å². The molecule has 1 unspecified atom stereocenters. The van der Waals surface area contributed by atoms with Crippen molar-refractivity contribution in [1.82, 2.24) is 4.90 Å². The average Bonchev–Trinajstić information content (AvgIpc) is 2.91. The van der Waals surface area contributed by atoms with Crippen molar-refractivity contribution in [3.8, 4) is 0 Å². The fourth-order valence-corrected chi connectivity index (χ4v) is 2.68. The number of thiol groups is 1. The van der Waals surface area contributed by atoms with Crippen LogP contribution in [-0.2, 0) is 0 Å². The maximum Gasteiger partial charge on any atom is 0.254 e. The minimum Gasteiger partial charge on any atom is -0.334 e. The fourth-order valence-electron chi connectivity index (χ4n) is 1.70. The lowest BCUT2D eigenvalue weighted by atomic mass is 10.1. The van der Waals surface area contributed by atoms with Crippen LogP contribution < -0.4 is 0 Å². The molecule has 0 fully saturated rings. The summed E-state index contributed by atoms with van der Waals surface area (Å²) in [6.45, 7) is 2.04. The normalized spacial score (nSPS) is 12.2. The van der Waals surface area contributed by atoms with Crippen molar-refractivity contribution in [2.45, 2.75) is 17.9 Å². The molecule has 0 aliphatic rings. The van der Waals surface area contributed by atoms with E-state index in [1.807, 2.05) is 49.7 Å². The molecular weight excluding hydrogens is 262 g/mol. The Morgan fingerprint density at radius 3 is 2.50 bits per heavy atom. The van der Waals surface area contributed by atoms with E-state index in [0.29, 0.717) is 5.56 Å². The Bertz CT molecular complexity index is 519. The average molecular weight is 277 g/mol. The number of thiophene rings is 1. The first-order valence-electron chi connectivity index (χ1n) is 5.69. The summed E-state index contributed by atoms with van der Waals surface area (Å²) < 4.78 is 0. The van der Waals surface area contributed by atoms with Gasteiger partial charge in [-0.1, -0.05) is 6.07 Å². The van der Waals surface area contributed by atoms with Crippen LogP contribution in [0.3, 0.4) is 0 Å². The lowest BCUT2D eigenvalue weighted by Gasteiger charge is -2.24. The molecule has 1 aromatic heterocycles. The van der Waals surface area contributed by atoms with Crippen LogP contribution in [0.5, 0.6) is 0 Å². The van der Waals surface area contributed by atoms with Crippen LogP contribution in [0.4, 0.5) is 0 Å². The predicted octanol–water partition coefficient (Wildman–Crippen LogP) is 3.87. The van der Waals surface area contributed by atoms with Crippen LogP contribution in [0.2, 0.25) is 0 Å². The maximum absolute atomic E-state index is 12.3. The van der Waals surface area contributed by atoms with E-state index in [-0.39, 0.29) is 11.9 Å². The van der Waals surface area contributed by atoms with Crippen molar-refractivity contribution in [1.29, 1.82) is 0 Å². The second-order valence-electron chi connectivity index (χ2n) is 4.15. The first-order chi connectivity index (χ1) is 8.59. The van der Waals surface area contributed by atoms with Crippen LogP contribution in [0.25, 0.3) is 0 Å². The number of hydrogen-bond donors (Lipinski definition) is 1. The minimum atomic E-state index is 0.0317. The number of carbonyl (C=O) groups excluding carboxylic acids is 1. The highest BCUT2D eigenvalue weighted by Crippen LogP contribution is 2.24. The van der Waals surface area contributed by atoms with Crippen molar-refractivity contribution >= 4 is 29.9 Å². The largest absolute Gasteiger partial charge is 0.334 e. The van der Waals surface area contributed by atoms with Gasteiger partial charge in [-0.05, 0) is 42.6 Å². The van der Waals surface area contributed by atoms with Gasteiger partial charge in [0.05, 0.1) is 6.04 Å².